The van der Waals surface area contributed by atoms with Crippen LogP contribution in [-0.2, 0) is 4.79 Å². The Kier molecular flexibility index (Phi) is 4.99. The van der Waals surface area contributed by atoms with Crippen molar-refractivity contribution in [1.29, 1.82) is 0 Å². The molecule has 128 valence electrons. The van der Waals surface area contributed by atoms with E-state index >= 15 is 0 Å². The first kappa shape index (κ1) is 17.0. The minimum atomic E-state index is -0.555. The van der Waals surface area contributed by atoms with E-state index in [0.717, 1.165) is 23.0 Å². The summed E-state index contributed by atoms with van der Waals surface area (Å²) in [6, 6.07) is 12.9. The molecule has 3 aromatic rings. The summed E-state index contributed by atoms with van der Waals surface area (Å²) in [5.41, 5.74) is 1.74. The molecule has 1 amide bonds. The Labute approximate surface area is 146 Å². The summed E-state index contributed by atoms with van der Waals surface area (Å²) in [6.07, 6.45) is 0. The molecule has 8 heteroatoms. The number of amides is 1. The van der Waals surface area contributed by atoms with E-state index in [1.54, 1.807) is 0 Å². The lowest BCUT2D eigenvalue weighted by Crippen LogP contribution is -2.36. The number of thioether (sulfide) groups is 1. The number of nitrogens with one attached hydrogen (secondary N) is 2. The lowest BCUT2D eigenvalue weighted by atomic mass is 10.2. The van der Waals surface area contributed by atoms with Crippen LogP contribution in [-0.4, -0.2) is 16.9 Å². The summed E-state index contributed by atoms with van der Waals surface area (Å²) in [6.45, 7) is 1.96. The Bertz CT molecular complexity index is 933. The number of halogens is 1. The Morgan fingerprint density at radius 3 is 2.56 bits per heavy atom. The summed E-state index contributed by atoms with van der Waals surface area (Å²) in [4.78, 5) is 23.9. The van der Waals surface area contributed by atoms with Crippen LogP contribution in [0.1, 0.15) is 5.56 Å². The molecule has 0 aliphatic carbocycles. The molecular formula is C17H15FN3O3S+. The second-order valence-electron chi connectivity index (χ2n) is 5.30. The van der Waals surface area contributed by atoms with Gasteiger partial charge in [-0.1, -0.05) is 17.7 Å². The van der Waals surface area contributed by atoms with E-state index < -0.39 is 5.63 Å². The molecule has 0 saturated carbocycles. The van der Waals surface area contributed by atoms with Crippen molar-refractivity contribution in [2.45, 2.75) is 11.9 Å². The zero-order chi connectivity index (χ0) is 17.8. The second kappa shape index (κ2) is 7.35. The van der Waals surface area contributed by atoms with Gasteiger partial charge in [0.25, 0.3) is 0 Å². The van der Waals surface area contributed by atoms with Crippen LogP contribution in [0.15, 0.2) is 62.9 Å². The molecule has 3 rings (SSSR count). The van der Waals surface area contributed by atoms with Gasteiger partial charge in [-0.2, -0.15) is 0 Å². The van der Waals surface area contributed by atoms with Crippen molar-refractivity contribution in [2.24, 2.45) is 0 Å². The van der Waals surface area contributed by atoms with E-state index in [4.69, 9.17) is 4.52 Å². The maximum absolute atomic E-state index is 12.9. The predicted octanol–water partition coefficient (Wildman–Crippen LogP) is 2.42. The first-order valence-electron chi connectivity index (χ1n) is 7.42. The van der Waals surface area contributed by atoms with Crippen molar-refractivity contribution in [3.63, 3.8) is 0 Å². The molecule has 2 N–H and O–H groups in total. The van der Waals surface area contributed by atoms with Crippen molar-refractivity contribution in [3.05, 3.63) is 70.3 Å². The highest BCUT2D eigenvalue weighted by Crippen LogP contribution is 2.13. The van der Waals surface area contributed by atoms with Crippen LogP contribution in [0.2, 0.25) is 0 Å². The van der Waals surface area contributed by atoms with Gasteiger partial charge in [0.1, 0.15) is 5.82 Å². The molecule has 0 aliphatic rings. The van der Waals surface area contributed by atoms with Crippen LogP contribution < -0.4 is 15.6 Å². The van der Waals surface area contributed by atoms with Crippen LogP contribution in [0.5, 0.6) is 0 Å². The van der Waals surface area contributed by atoms with Crippen LogP contribution >= 0.6 is 11.8 Å². The molecular weight excluding hydrogens is 345 g/mol. The number of carbonyl (C=O) groups is 1. The summed E-state index contributed by atoms with van der Waals surface area (Å²) in [7, 11) is 0. The third-order valence-corrected chi connectivity index (χ3v) is 4.40. The molecule has 2 aromatic carbocycles. The number of carbonyl (C=O) groups excluding carboxylic acids is 1. The molecule has 0 aliphatic heterocycles. The Balaban J connectivity index is 1.70. The fourth-order valence-electron chi connectivity index (χ4n) is 2.11. The third-order valence-electron chi connectivity index (χ3n) is 3.37. The van der Waals surface area contributed by atoms with Crippen molar-refractivity contribution in [2.75, 3.05) is 11.1 Å². The van der Waals surface area contributed by atoms with Crippen LogP contribution in [0.3, 0.4) is 0 Å². The minimum absolute atomic E-state index is 0.00580. The van der Waals surface area contributed by atoms with Gasteiger partial charge in [0.15, 0.2) is 0 Å². The monoisotopic (exact) mass is 360 g/mol. The van der Waals surface area contributed by atoms with E-state index in [0.29, 0.717) is 5.69 Å². The molecule has 25 heavy (non-hydrogen) atoms. The normalized spacial score (nSPS) is 10.6. The van der Waals surface area contributed by atoms with Gasteiger partial charge in [0.05, 0.1) is 5.75 Å². The van der Waals surface area contributed by atoms with Crippen LogP contribution in [0.4, 0.5) is 10.1 Å². The largest absolute Gasteiger partial charge is 0.442 e. The first-order valence-corrected chi connectivity index (χ1v) is 8.40. The number of nitrogens with zero attached hydrogens (tertiary/aromatic N) is 1. The van der Waals surface area contributed by atoms with Crippen LogP contribution in [0.25, 0.3) is 5.69 Å². The molecule has 0 radical (unpaired) electrons. The maximum atomic E-state index is 12.9. The molecule has 6 nitrogen and oxygen atoms in total. The number of anilines is 1. The van der Waals surface area contributed by atoms with Crippen molar-refractivity contribution in [3.8, 4) is 5.69 Å². The standard InChI is InChI=1S/C17H14FN3O3S/c1-11-2-8-14(9-3-11)21-16(17(23)24-20-21)25-10-15(22)19-13-6-4-12(18)5-7-13/h2-9H,10H2,1H3,(H-,19,20,22,23)/p+1. The zero-order valence-electron chi connectivity index (χ0n) is 13.3. The SMILES string of the molecule is Cc1ccc(-[n+]2[nH]oc(=O)c2SCC(=O)Nc2ccc(F)cc2)cc1. The summed E-state index contributed by atoms with van der Waals surface area (Å²) in [5.74, 6) is -0.685. The van der Waals surface area contributed by atoms with Gasteiger partial charge < -0.3 is 5.32 Å². The Morgan fingerprint density at radius 2 is 1.88 bits per heavy atom. The lowest BCUT2D eigenvalue weighted by Gasteiger charge is -2.03. The smallest absolute Gasteiger partial charge is 0.325 e. The van der Waals surface area contributed by atoms with Crippen molar-refractivity contribution in [1.82, 2.24) is 5.27 Å². The third kappa shape index (κ3) is 4.16. The van der Waals surface area contributed by atoms with Crippen molar-refractivity contribution < 1.29 is 18.4 Å². The highest BCUT2D eigenvalue weighted by atomic mass is 32.2. The van der Waals surface area contributed by atoms with Gasteiger partial charge in [0, 0.05) is 17.8 Å². The van der Waals surface area contributed by atoms with Crippen LogP contribution in [0, 0.1) is 12.7 Å². The minimum Gasteiger partial charge on any atom is -0.325 e. The molecule has 0 spiro atoms. The van der Waals surface area contributed by atoms with E-state index in [2.05, 4.69) is 10.6 Å². The Hall–Kier alpha value is -2.87. The molecule has 1 aromatic heterocycles. The highest BCUT2D eigenvalue weighted by molar-refractivity contribution is 7.99. The zero-order valence-corrected chi connectivity index (χ0v) is 14.1. The summed E-state index contributed by atoms with van der Waals surface area (Å²) in [5, 5.41) is 5.43. The van der Waals surface area contributed by atoms with Gasteiger partial charge >= 0.3 is 10.7 Å². The molecule has 0 fully saturated rings. The number of benzene rings is 2. The average Bonchev–Trinajstić information content (AvgIpc) is 2.96. The first-order chi connectivity index (χ1) is 12.0. The molecule has 0 bridgehead atoms. The van der Waals surface area contributed by atoms with Gasteiger partial charge in [-0.3, -0.25) is 9.32 Å². The second-order valence-corrected chi connectivity index (χ2v) is 6.26. The molecule has 0 atom stereocenters. The van der Waals surface area contributed by atoms with Gasteiger partial charge in [0.2, 0.25) is 11.6 Å². The fourth-order valence-corrected chi connectivity index (χ4v) is 2.89. The number of hydrogen-bond acceptors (Lipinski definition) is 4. The van der Waals surface area contributed by atoms with E-state index in [1.165, 1.54) is 28.9 Å². The average molecular weight is 360 g/mol. The highest BCUT2D eigenvalue weighted by Gasteiger charge is 2.24. The molecule has 0 unspecified atom stereocenters. The number of aromatic nitrogens is 2. The molecule has 0 saturated heterocycles. The number of aromatic amines is 1. The summed E-state index contributed by atoms with van der Waals surface area (Å²) >= 11 is 1.05. The number of hydrogen-bond donors (Lipinski definition) is 2. The topological polar surface area (TPSA) is 79.0 Å². The van der Waals surface area contributed by atoms with E-state index in [1.807, 2.05) is 31.2 Å². The summed E-state index contributed by atoms with van der Waals surface area (Å²) < 4.78 is 19.2. The number of rotatable bonds is 5. The number of aryl methyl sites for hydroxylation is 1. The number of H-pyrrole nitrogens is 1. The fraction of sp³-hybridized carbons (Fsp3) is 0.118. The van der Waals surface area contributed by atoms with Gasteiger partial charge in [-0.15, -0.1) is 0 Å². The molecule has 1 heterocycles. The van der Waals surface area contributed by atoms with Gasteiger partial charge in [-0.25, -0.2) is 9.18 Å². The van der Waals surface area contributed by atoms with E-state index in [-0.39, 0.29) is 22.5 Å². The maximum Gasteiger partial charge on any atom is 0.442 e. The predicted molar refractivity (Wildman–Crippen MR) is 91.4 cm³/mol. The van der Waals surface area contributed by atoms with Gasteiger partial charge in [-0.05, 0) is 52.9 Å². The quantitative estimate of drug-likeness (QED) is 0.541. The lowest BCUT2D eigenvalue weighted by molar-refractivity contribution is -0.704. The van der Waals surface area contributed by atoms with E-state index in [9.17, 15) is 14.0 Å². The van der Waals surface area contributed by atoms with Crippen molar-refractivity contribution >= 4 is 23.4 Å². The Morgan fingerprint density at radius 1 is 1.20 bits per heavy atom.